The van der Waals surface area contributed by atoms with Crippen molar-refractivity contribution in [3.63, 3.8) is 0 Å². The topological polar surface area (TPSA) is 33.1 Å². The van der Waals surface area contributed by atoms with E-state index in [2.05, 4.69) is 20.9 Å². The number of hydrogen-bond donors (Lipinski definition) is 1. The highest BCUT2D eigenvalue weighted by atomic mass is 79.9. The number of aliphatic hydroxyl groups is 1. The largest absolute Gasteiger partial charge is 0.387 e. The standard InChI is InChI=1S/C11H9BrFNOS/c12-8-1-2-9(13)7(3-8)4-10(15)11-5-14-6-16-11/h1-3,5-6,10,15H,4H2. The molecule has 1 atom stereocenters. The van der Waals surface area contributed by atoms with E-state index in [4.69, 9.17) is 0 Å². The summed E-state index contributed by atoms with van der Waals surface area (Å²) in [6.07, 6.45) is 1.16. The van der Waals surface area contributed by atoms with Crippen LogP contribution in [0.3, 0.4) is 0 Å². The van der Waals surface area contributed by atoms with Crippen LogP contribution in [0, 0.1) is 5.82 Å². The second-order valence-corrected chi connectivity index (χ2v) is 5.19. The van der Waals surface area contributed by atoms with Crippen LogP contribution in [0.5, 0.6) is 0 Å². The summed E-state index contributed by atoms with van der Waals surface area (Å²) in [7, 11) is 0. The molecule has 1 aromatic heterocycles. The number of aromatic nitrogens is 1. The second kappa shape index (κ2) is 5.03. The van der Waals surface area contributed by atoms with Gasteiger partial charge in [-0.3, -0.25) is 4.98 Å². The first-order valence-electron chi connectivity index (χ1n) is 4.67. The number of benzene rings is 1. The molecule has 1 heterocycles. The summed E-state index contributed by atoms with van der Waals surface area (Å²) in [6.45, 7) is 0. The molecule has 0 aliphatic carbocycles. The summed E-state index contributed by atoms with van der Waals surface area (Å²) in [6, 6.07) is 4.70. The van der Waals surface area contributed by atoms with Crippen LogP contribution in [0.4, 0.5) is 4.39 Å². The SMILES string of the molecule is OC(Cc1cc(Br)ccc1F)c1cncs1. The van der Waals surface area contributed by atoms with Gasteiger partial charge in [0.25, 0.3) is 0 Å². The third-order valence-electron chi connectivity index (χ3n) is 2.20. The Morgan fingerprint density at radius 2 is 2.31 bits per heavy atom. The van der Waals surface area contributed by atoms with Crippen molar-refractivity contribution in [3.8, 4) is 0 Å². The zero-order valence-corrected chi connectivity index (χ0v) is 10.6. The van der Waals surface area contributed by atoms with Crippen LogP contribution in [-0.4, -0.2) is 10.1 Å². The van der Waals surface area contributed by atoms with E-state index in [0.717, 1.165) is 9.35 Å². The highest BCUT2D eigenvalue weighted by Gasteiger charge is 2.13. The zero-order valence-electron chi connectivity index (χ0n) is 8.23. The zero-order chi connectivity index (χ0) is 11.5. The lowest BCUT2D eigenvalue weighted by molar-refractivity contribution is 0.180. The molecule has 84 valence electrons. The monoisotopic (exact) mass is 301 g/mol. The lowest BCUT2D eigenvalue weighted by atomic mass is 10.1. The van der Waals surface area contributed by atoms with Crippen molar-refractivity contribution in [3.05, 3.63) is 50.6 Å². The Bertz CT molecular complexity index is 475. The van der Waals surface area contributed by atoms with Gasteiger partial charge in [0.1, 0.15) is 5.82 Å². The molecule has 0 spiro atoms. The van der Waals surface area contributed by atoms with Crippen molar-refractivity contribution in [1.29, 1.82) is 0 Å². The minimum absolute atomic E-state index is 0.257. The molecular weight excluding hydrogens is 293 g/mol. The Morgan fingerprint density at radius 1 is 1.50 bits per heavy atom. The molecular formula is C11H9BrFNOS. The molecule has 5 heteroatoms. The van der Waals surface area contributed by atoms with Crippen LogP contribution in [-0.2, 0) is 6.42 Å². The van der Waals surface area contributed by atoms with Gasteiger partial charge in [0.2, 0.25) is 0 Å². The van der Waals surface area contributed by atoms with Crippen molar-refractivity contribution < 1.29 is 9.50 Å². The van der Waals surface area contributed by atoms with Gasteiger partial charge in [0.15, 0.2) is 0 Å². The summed E-state index contributed by atoms with van der Waals surface area (Å²) in [5, 5.41) is 9.87. The minimum Gasteiger partial charge on any atom is -0.387 e. The number of hydrogen-bond acceptors (Lipinski definition) is 3. The maximum atomic E-state index is 13.4. The van der Waals surface area contributed by atoms with Crippen molar-refractivity contribution in [1.82, 2.24) is 4.98 Å². The lowest BCUT2D eigenvalue weighted by Crippen LogP contribution is -2.01. The average molecular weight is 302 g/mol. The Labute approximate surface area is 105 Å². The first-order valence-corrected chi connectivity index (χ1v) is 6.34. The number of rotatable bonds is 3. The Hall–Kier alpha value is -0.780. The fraction of sp³-hybridized carbons (Fsp3) is 0.182. The second-order valence-electron chi connectivity index (χ2n) is 3.36. The molecule has 0 fully saturated rings. The molecule has 0 aliphatic heterocycles. The first-order chi connectivity index (χ1) is 7.66. The number of nitrogens with zero attached hydrogens (tertiary/aromatic N) is 1. The van der Waals surface area contributed by atoms with Gasteiger partial charge in [-0.05, 0) is 23.8 Å². The lowest BCUT2D eigenvalue weighted by Gasteiger charge is -2.09. The van der Waals surface area contributed by atoms with Gasteiger partial charge in [-0.25, -0.2) is 4.39 Å². The van der Waals surface area contributed by atoms with E-state index in [1.165, 1.54) is 17.4 Å². The average Bonchev–Trinajstić information content (AvgIpc) is 2.76. The van der Waals surface area contributed by atoms with E-state index >= 15 is 0 Å². The molecule has 1 aromatic carbocycles. The first kappa shape index (κ1) is 11.7. The molecule has 1 unspecified atom stereocenters. The van der Waals surface area contributed by atoms with Crippen LogP contribution in [0.15, 0.2) is 34.4 Å². The normalized spacial score (nSPS) is 12.7. The van der Waals surface area contributed by atoms with Crippen molar-refractivity contribution in [2.75, 3.05) is 0 Å². The molecule has 0 amide bonds. The maximum absolute atomic E-state index is 13.4. The minimum atomic E-state index is -0.698. The number of aliphatic hydroxyl groups excluding tert-OH is 1. The molecule has 2 rings (SSSR count). The van der Waals surface area contributed by atoms with Crippen molar-refractivity contribution in [2.45, 2.75) is 12.5 Å². The molecule has 0 saturated carbocycles. The molecule has 0 saturated heterocycles. The van der Waals surface area contributed by atoms with Gasteiger partial charge in [0, 0.05) is 17.1 Å². The van der Waals surface area contributed by atoms with E-state index in [0.29, 0.717) is 5.56 Å². The Kier molecular flexibility index (Phi) is 3.68. The molecule has 16 heavy (non-hydrogen) atoms. The van der Waals surface area contributed by atoms with Gasteiger partial charge in [-0.2, -0.15) is 0 Å². The predicted octanol–water partition coefficient (Wildman–Crippen LogP) is 3.32. The van der Waals surface area contributed by atoms with Gasteiger partial charge in [-0.1, -0.05) is 15.9 Å². The third kappa shape index (κ3) is 2.66. The van der Waals surface area contributed by atoms with E-state index in [-0.39, 0.29) is 12.2 Å². The molecule has 0 bridgehead atoms. The van der Waals surface area contributed by atoms with E-state index in [9.17, 15) is 9.50 Å². The summed E-state index contributed by atoms with van der Waals surface area (Å²) in [4.78, 5) is 4.63. The van der Waals surface area contributed by atoms with Crippen LogP contribution in [0.25, 0.3) is 0 Å². The predicted molar refractivity (Wildman–Crippen MR) is 64.9 cm³/mol. The molecule has 0 aliphatic rings. The molecule has 2 nitrogen and oxygen atoms in total. The van der Waals surface area contributed by atoms with Gasteiger partial charge >= 0.3 is 0 Å². The van der Waals surface area contributed by atoms with E-state index in [1.807, 2.05) is 0 Å². The maximum Gasteiger partial charge on any atom is 0.126 e. The summed E-state index contributed by atoms with van der Waals surface area (Å²) in [5.41, 5.74) is 2.14. The smallest absolute Gasteiger partial charge is 0.126 e. The number of thiazole rings is 1. The fourth-order valence-corrected chi connectivity index (χ4v) is 2.41. The van der Waals surface area contributed by atoms with Gasteiger partial charge < -0.3 is 5.11 Å². The van der Waals surface area contributed by atoms with Crippen LogP contribution < -0.4 is 0 Å². The van der Waals surface area contributed by atoms with Crippen LogP contribution in [0.2, 0.25) is 0 Å². The highest BCUT2D eigenvalue weighted by Crippen LogP contribution is 2.24. The number of halogens is 2. The van der Waals surface area contributed by atoms with E-state index < -0.39 is 6.10 Å². The fourth-order valence-electron chi connectivity index (χ4n) is 1.40. The molecule has 1 N–H and O–H groups in total. The van der Waals surface area contributed by atoms with Crippen molar-refractivity contribution >= 4 is 27.3 Å². The molecule has 0 radical (unpaired) electrons. The third-order valence-corrected chi connectivity index (χ3v) is 3.57. The quantitative estimate of drug-likeness (QED) is 0.943. The summed E-state index contributed by atoms with van der Waals surface area (Å²) in [5.74, 6) is -0.299. The Morgan fingerprint density at radius 3 is 3.00 bits per heavy atom. The highest BCUT2D eigenvalue weighted by molar-refractivity contribution is 9.10. The molecule has 2 aromatic rings. The van der Waals surface area contributed by atoms with Crippen LogP contribution >= 0.6 is 27.3 Å². The van der Waals surface area contributed by atoms with Gasteiger partial charge in [-0.15, -0.1) is 11.3 Å². The summed E-state index contributed by atoms with van der Waals surface area (Å²) >= 11 is 4.64. The van der Waals surface area contributed by atoms with Gasteiger partial charge in [0.05, 0.1) is 16.5 Å². The van der Waals surface area contributed by atoms with E-state index in [1.54, 1.807) is 23.8 Å². The summed E-state index contributed by atoms with van der Waals surface area (Å²) < 4.78 is 14.2. The van der Waals surface area contributed by atoms with Crippen LogP contribution in [0.1, 0.15) is 16.5 Å². The Balaban J connectivity index is 2.17. The van der Waals surface area contributed by atoms with Crippen molar-refractivity contribution in [2.24, 2.45) is 0 Å².